The Morgan fingerprint density at radius 3 is 2.63 bits per heavy atom. The van der Waals surface area contributed by atoms with Crippen molar-refractivity contribution >= 4 is 16.8 Å². The number of carbonyl (C=O) groups excluding carboxylic acids is 1. The molecule has 1 aromatic carbocycles. The van der Waals surface area contributed by atoms with Gasteiger partial charge in [-0.05, 0) is 49.6 Å². The number of nitrogens with zero attached hydrogens (tertiary/aromatic N) is 2. The first-order valence-electron chi connectivity index (χ1n) is 9.40. The highest BCUT2D eigenvalue weighted by molar-refractivity contribution is 5.95. The lowest BCUT2D eigenvalue weighted by Crippen LogP contribution is -2.40. The molecule has 0 spiro atoms. The number of aromatic nitrogens is 2. The van der Waals surface area contributed by atoms with Crippen LogP contribution in [0.5, 0.6) is 11.6 Å². The summed E-state index contributed by atoms with van der Waals surface area (Å²) in [6, 6.07) is 9.96. The summed E-state index contributed by atoms with van der Waals surface area (Å²) >= 11 is 0. The summed E-state index contributed by atoms with van der Waals surface area (Å²) in [5.41, 5.74) is -0.0597. The highest BCUT2D eigenvalue weighted by atomic mass is 19.4. The Morgan fingerprint density at radius 2 is 1.97 bits per heavy atom. The van der Waals surface area contributed by atoms with Gasteiger partial charge < -0.3 is 15.2 Å². The van der Waals surface area contributed by atoms with Crippen LogP contribution in [0.2, 0.25) is 0 Å². The Labute approximate surface area is 169 Å². The van der Waals surface area contributed by atoms with Crippen molar-refractivity contribution in [1.29, 1.82) is 0 Å². The molecular formula is C21H18F3N3O3. The minimum atomic E-state index is -4.46. The van der Waals surface area contributed by atoms with E-state index in [2.05, 4.69) is 15.3 Å². The maximum Gasteiger partial charge on any atom is 0.417 e. The minimum absolute atomic E-state index is 0.0291. The van der Waals surface area contributed by atoms with Crippen LogP contribution in [0.1, 0.15) is 35.3 Å². The van der Waals surface area contributed by atoms with Crippen molar-refractivity contribution in [3.8, 4) is 11.6 Å². The summed E-state index contributed by atoms with van der Waals surface area (Å²) in [5.74, 6) is 0.0568. The zero-order valence-electron chi connectivity index (χ0n) is 15.7. The van der Waals surface area contributed by atoms with E-state index in [-0.39, 0.29) is 23.5 Å². The number of carbonyl (C=O) groups is 1. The molecule has 0 unspecified atom stereocenters. The fourth-order valence-electron chi connectivity index (χ4n) is 3.37. The Hall–Kier alpha value is -3.20. The fraction of sp³-hybridized carbons (Fsp3) is 0.286. The van der Waals surface area contributed by atoms with Crippen LogP contribution in [0.3, 0.4) is 0 Å². The van der Waals surface area contributed by atoms with Crippen molar-refractivity contribution in [3.63, 3.8) is 0 Å². The molecule has 0 aliphatic heterocycles. The van der Waals surface area contributed by atoms with E-state index in [4.69, 9.17) is 4.74 Å². The predicted molar refractivity (Wildman–Crippen MR) is 102 cm³/mol. The van der Waals surface area contributed by atoms with Crippen molar-refractivity contribution < 1.29 is 27.8 Å². The van der Waals surface area contributed by atoms with E-state index < -0.39 is 17.8 Å². The van der Waals surface area contributed by atoms with E-state index in [1.165, 1.54) is 0 Å². The van der Waals surface area contributed by atoms with Crippen LogP contribution in [-0.2, 0) is 6.18 Å². The number of rotatable bonds is 4. The standard InChI is InChI=1S/C21H18F3N3O3/c22-21(23,24)13-5-9-19(25-11-13)30-14-6-8-15-12(10-14)4-7-17(26-15)20(29)27-16-2-1-3-18(16)28/h4-11,16,18,28H,1-3H2,(H,27,29)/t16-,18-/m1/s1. The zero-order valence-corrected chi connectivity index (χ0v) is 15.7. The summed E-state index contributed by atoms with van der Waals surface area (Å²) in [5, 5.41) is 13.3. The molecule has 1 aliphatic rings. The molecule has 4 rings (SSSR count). The summed E-state index contributed by atoms with van der Waals surface area (Å²) in [6.07, 6.45) is -2.00. The number of ether oxygens (including phenoxy) is 1. The molecule has 6 nitrogen and oxygen atoms in total. The quantitative estimate of drug-likeness (QED) is 0.668. The molecule has 3 aromatic rings. The Balaban J connectivity index is 1.48. The lowest BCUT2D eigenvalue weighted by atomic mass is 10.1. The molecule has 2 aromatic heterocycles. The summed E-state index contributed by atoms with van der Waals surface area (Å²) in [6.45, 7) is 0. The van der Waals surface area contributed by atoms with Crippen LogP contribution in [0.25, 0.3) is 10.9 Å². The Bertz CT molecular complexity index is 1070. The third-order valence-corrected chi connectivity index (χ3v) is 4.98. The van der Waals surface area contributed by atoms with Gasteiger partial charge in [-0.1, -0.05) is 6.07 Å². The van der Waals surface area contributed by atoms with E-state index in [9.17, 15) is 23.1 Å². The Kier molecular flexibility index (Phi) is 5.29. The molecule has 1 fully saturated rings. The van der Waals surface area contributed by atoms with Gasteiger partial charge in [0.05, 0.1) is 23.2 Å². The first kappa shape index (κ1) is 20.1. The smallest absolute Gasteiger partial charge is 0.417 e. The molecular weight excluding hydrogens is 399 g/mol. The van der Waals surface area contributed by atoms with Gasteiger partial charge in [-0.2, -0.15) is 13.2 Å². The maximum absolute atomic E-state index is 12.6. The van der Waals surface area contributed by atoms with Gasteiger partial charge in [0, 0.05) is 17.6 Å². The van der Waals surface area contributed by atoms with Gasteiger partial charge in [-0.15, -0.1) is 0 Å². The van der Waals surface area contributed by atoms with Crippen molar-refractivity contribution in [3.05, 3.63) is 59.9 Å². The molecule has 2 atom stereocenters. The average molecular weight is 417 g/mol. The molecule has 30 heavy (non-hydrogen) atoms. The average Bonchev–Trinajstić information content (AvgIpc) is 3.11. The van der Waals surface area contributed by atoms with Gasteiger partial charge >= 0.3 is 6.18 Å². The zero-order chi connectivity index (χ0) is 21.3. The molecule has 9 heteroatoms. The predicted octanol–water partition coefficient (Wildman–Crippen LogP) is 4.08. The minimum Gasteiger partial charge on any atom is -0.439 e. The molecule has 0 bridgehead atoms. The molecule has 1 saturated carbocycles. The van der Waals surface area contributed by atoms with Gasteiger partial charge in [-0.3, -0.25) is 4.79 Å². The number of amides is 1. The number of alkyl halides is 3. The SMILES string of the molecule is O=C(N[C@@H]1CCC[C@H]1O)c1ccc2cc(Oc3ccc(C(F)(F)F)cn3)ccc2n1. The molecule has 1 amide bonds. The van der Waals surface area contributed by atoms with Gasteiger partial charge in [0.15, 0.2) is 0 Å². The van der Waals surface area contributed by atoms with Crippen LogP contribution < -0.4 is 10.1 Å². The molecule has 2 heterocycles. The highest BCUT2D eigenvalue weighted by Gasteiger charge is 2.30. The second-order valence-corrected chi connectivity index (χ2v) is 7.11. The lowest BCUT2D eigenvalue weighted by molar-refractivity contribution is -0.137. The second-order valence-electron chi connectivity index (χ2n) is 7.11. The fourth-order valence-corrected chi connectivity index (χ4v) is 3.37. The Morgan fingerprint density at radius 1 is 1.13 bits per heavy atom. The summed E-state index contributed by atoms with van der Waals surface area (Å²) < 4.78 is 43.4. The number of pyridine rings is 2. The van der Waals surface area contributed by atoms with E-state index in [0.29, 0.717) is 29.3 Å². The topological polar surface area (TPSA) is 84.3 Å². The third kappa shape index (κ3) is 4.35. The number of fused-ring (bicyclic) bond motifs is 1. The molecule has 156 valence electrons. The van der Waals surface area contributed by atoms with E-state index in [1.54, 1.807) is 30.3 Å². The first-order chi connectivity index (χ1) is 14.3. The lowest BCUT2D eigenvalue weighted by Gasteiger charge is -2.16. The molecule has 0 saturated heterocycles. The maximum atomic E-state index is 12.6. The third-order valence-electron chi connectivity index (χ3n) is 4.98. The van der Waals surface area contributed by atoms with Gasteiger partial charge in [0.1, 0.15) is 11.4 Å². The van der Waals surface area contributed by atoms with Gasteiger partial charge in [-0.25, -0.2) is 9.97 Å². The number of aliphatic hydroxyl groups excluding tert-OH is 1. The van der Waals surface area contributed by atoms with E-state index >= 15 is 0 Å². The normalized spacial score (nSPS) is 19.1. The number of aliphatic hydroxyl groups is 1. The van der Waals surface area contributed by atoms with Crippen molar-refractivity contribution in [1.82, 2.24) is 15.3 Å². The van der Waals surface area contributed by atoms with Crippen LogP contribution in [0.4, 0.5) is 13.2 Å². The van der Waals surface area contributed by atoms with E-state index in [0.717, 1.165) is 25.0 Å². The summed E-state index contributed by atoms with van der Waals surface area (Å²) in [7, 11) is 0. The van der Waals surface area contributed by atoms with Gasteiger partial charge in [0.2, 0.25) is 5.88 Å². The molecule has 2 N–H and O–H groups in total. The van der Waals surface area contributed by atoms with Gasteiger partial charge in [0.25, 0.3) is 5.91 Å². The number of halogens is 3. The monoisotopic (exact) mass is 417 g/mol. The summed E-state index contributed by atoms with van der Waals surface area (Å²) in [4.78, 5) is 20.4. The van der Waals surface area contributed by atoms with Crippen molar-refractivity contribution in [2.24, 2.45) is 0 Å². The number of benzene rings is 1. The molecule has 1 aliphatic carbocycles. The van der Waals surface area contributed by atoms with Crippen LogP contribution in [0.15, 0.2) is 48.7 Å². The largest absolute Gasteiger partial charge is 0.439 e. The number of hydrogen-bond acceptors (Lipinski definition) is 5. The highest BCUT2D eigenvalue weighted by Crippen LogP contribution is 2.30. The number of hydrogen-bond donors (Lipinski definition) is 2. The van der Waals surface area contributed by atoms with Crippen LogP contribution >= 0.6 is 0 Å². The second kappa shape index (κ2) is 7.91. The van der Waals surface area contributed by atoms with Crippen LogP contribution in [0, 0.1) is 0 Å². The number of nitrogens with one attached hydrogen (secondary N) is 1. The van der Waals surface area contributed by atoms with E-state index in [1.807, 2.05) is 0 Å². The van der Waals surface area contributed by atoms with Crippen molar-refractivity contribution in [2.75, 3.05) is 0 Å². The first-order valence-corrected chi connectivity index (χ1v) is 9.40. The van der Waals surface area contributed by atoms with Crippen LogP contribution in [-0.4, -0.2) is 33.1 Å². The molecule has 0 radical (unpaired) electrons. The van der Waals surface area contributed by atoms with Crippen molar-refractivity contribution in [2.45, 2.75) is 37.6 Å².